The summed E-state index contributed by atoms with van der Waals surface area (Å²) in [5, 5.41) is 3.00. The standard InChI is InChI=1S/C14H10BrF3N2S/c15-9-3-6-12(11(7-9)13(19)21)20-10-4-1-8(2-5-10)14(16,17)18/h1-7,20H,(H2,19,21). The third kappa shape index (κ3) is 3.95. The average Bonchev–Trinajstić information content (AvgIpc) is 2.40. The van der Waals surface area contributed by atoms with E-state index in [0.29, 0.717) is 16.9 Å². The zero-order valence-corrected chi connectivity index (χ0v) is 12.9. The van der Waals surface area contributed by atoms with Crippen LogP contribution in [-0.2, 0) is 6.18 Å². The maximum Gasteiger partial charge on any atom is 0.416 e. The van der Waals surface area contributed by atoms with Crippen molar-refractivity contribution < 1.29 is 13.2 Å². The van der Waals surface area contributed by atoms with Gasteiger partial charge in [0.2, 0.25) is 0 Å². The van der Waals surface area contributed by atoms with Crippen molar-refractivity contribution in [3.8, 4) is 0 Å². The maximum absolute atomic E-state index is 12.5. The van der Waals surface area contributed by atoms with Gasteiger partial charge in [-0.25, -0.2) is 0 Å². The second-order valence-corrected chi connectivity index (χ2v) is 5.61. The minimum atomic E-state index is -4.35. The molecule has 0 saturated heterocycles. The summed E-state index contributed by atoms with van der Waals surface area (Å²) >= 11 is 8.28. The van der Waals surface area contributed by atoms with Crippen molar-refractivity contribution in [3.63, 3.8) is 0 Å². The summed E-state index contributed by atoms with van der Waals surface area (Å²) in [4.78, 5) is 0.200. The van der Waals surface area contributed by atoms with Crippen molar-refractivity contribution in [1.29, 1.82) is 0 Å². The fraction of sp³-hybridized carbons (Fsp3) is 0.0714. The second-order valence-electron chi connectivity index (χ2n) is 4.25. The molecular weight excluding hydrogens is 365 g/mol. The fourth-order valence-electron chi connectivity index (χ4n) is 1.73. The Kier molecular flexibility index (Phi) is 4.53. The molecule has 2 rings (SSSR count). The highest BCUT2D eigenvalue weighted by Gasteiger charge is 2.29. The lowest BCUT2D eigenvalue weighted by Crippen LogP contribution is -2.12. The molecule has 0 aliphatic rings. The number of halogens is 4. The summed E-state index contributed by atoms with van der Waals surface area (Å²) in [6.45, 7) is 0. The molecule has 2 nitrogen and oxygen atoms in total. The van der Waals surface area contributed by atoms with E-state index >= 15 is 0 Å². The van der Waals surface area contributed by atoms with Crippen molar-refractivity contribution in [1.82, 2.24) is 0 Å². The number of nitrogens with one attached hydrogen (secondary N) is 1. The highest BCUT2D eigenvalue weighted by atomic mass is 79.9. The number of alkyl halides is 3. The van der Waals surface area contributed by atoms with E-state index in [1.54, 1.807) is 18.2 Å². The van der Waals surface area contributed by atoms with Gasteiger partial charge in [0.1, 0.15) is 4.99 Å². The fourth-order valence-corrected chi connectivity index (χ4v) is 2.26. The lowest BCUT2D eigenvalue weighted by molar-refractivity contribution is -0.137. The molecule has 0 fully saturated rings. The molecule has 0 heterocycles. The van der Waals surface area contributed by atoms with Gasteiger partial charge in [0.05, 0.1) is 5.56 Å². The lowest BCUT2D eigenvalue weighted by atomic mass is 10.1. The van der Waals surface area contributed by atoms with Gasteiger partial charge in [-0.2, -0.15) is 13.2 Å². The Morgan fingerprint density at radius 2 is 1.71 bits per heavy atom. The third-order valence-corrected chi connectivity index (χ3v) is 3.45. The van der Waals surface area contributed by atoms with Crippen molar-refractivity contribution in [2.24, 2.45) is 5.73 Å². The molecule has 2 aromatic rings. The molecule has 0 unspecified atom stereocenters. The van der Waals surface area contributed by atoms with E-state index in [1.807, 2.05) is 0 Å². The summed E-state index contributed by atoms with van der Waals surface area (Å²) in [6.07, 6.45) is -4.35. The van der Waals surface area contributed by atoms with Gasteiger partial charge in [-0.3, -0.25) is 0 Å². The Bertz CT molecular complexity index is 669. The first-order valence-electron chi connectivity index (χ1n) is 5.81. The normalized spacial score (nSPS) is 11.2. The van der Waals surface area contributed by atoms with E-state index in [2.05, 4.69) is 21.2 Å². The van der Waals surface area contributed by atoms with E-state index in [-0.39, 0.29) is 4.99 Å². The van der Waals surface area contributed by atoms with Crippen LogP contribution in [-0.4, -0.2) is 4.99 Å². The van der Waals surface area contributed by atoms with Crippen LogP contribution in [0.3, 0.4) is 0 Å². The number of benzene rings is 2. The average molecular weight is 375 g/mol. The number of anilines is 2. The van der Waals surface area contributed by atoms with Crippen LogP contribution in [0.2, 0.25) is 0 Å². The SMILES string of the molecule is NC(=S)c1cc(Br)ccc1Nc1ccc(C(F)(F)F)cc1. The van der Waals surface area contributed by atoms with Crippen LogP contribution in [0.1, 0.15) is 11.1 Å². The third-order valence-electron chi connectivity index (χ3n) is 2.74. The van der Waals surface area contributed by atoms with Gasteiger partial charge in [0.25, 0.3) is 0 Å². The summed E-state index contributed by atoms with van der Waals surface area (Å²) in [5.74, 6) is 0. The first-order chi connectivity index (χ1) is 9.77. The molecule has 0 atom stereocenters. The van der Waals surface area contributed by atoms with E-state index in [1.165, 1.54) is 12.1 Å². The van der Waals surface area contributed by atoms with Crippen molar-refractivity contribution in [3.05, 3.63) is 58.1 Å². The highest BCUT2D eigenvalue weighted by molar-refractivity contribution is 9.10. The number of nitrogens with two attached hydrogens (primary N) is 1. The number of rotatable bonds is 3. The van der Waals surface area contributed by atoms with E-state index in [0.717, 1.165) is 16.6 Å². The van der Waals surface area contributed by atoms with Crippen molar-refractivity contribution in [2.75, 3.05) is 5.32 Å². The first-order valence-corrected chi connectivity index (χ1v) is 7.01. The van der Waals surface area contributed by atoms with Gasteiger partial charge in [0, 0.05) is 21.4 Å². The Morgan fingerprint density at radius 1 is 1.10 bits per heavy atom. The molecule has 110 valence electrons. The molecule has 0 bridgehead atoms. The van der Waals surface area contributed by atoms with Crippen molar-refractivity contribution in [2.45, 2.75) is 6.18 Å². The van der Waals surface area contributed by atoms with Gasteiger partial charge in [-0.15, -0.1) is 0 Å². The molecule has 0 aliphatic carbocycles. The Balaban J connectivity index is 2.28. The number of hydrogen-bond acceptors (Lipinski definition) is 2. The van der Waals surface area contributed by atoms with Crippen LogP contribution < -0.4 is 11.1 Å². The summed E-state index contributed by atoms with van der Waals surface area (Å²) in [6, 6.07) is 10.0. The minimum absolute atomic E-state index is 0.200. The van der Waals surface area contributed by atoms with Crippen LogP contribution in [0.25, 0.3) is 0 Å². The predicted octanol–water partition coefficient (Wildman–Crippen LogP) is 4.85. The monoisotopic (exact) mass is 374 g/mol. The Labute approximate surface area is 133 Å². The van der Waals surface area contributed by atoms with Crippen LogP contribution in [0.5, 0.6) is 0 Å². The largest absolute Gasteiger partial charge is 0.416 e. The quantitative estimate of drug-likeness (QED) is 0.754. The smallest absolute Gasteiger partial charge is 0.389 e. The molecule has 0 radical (unpaired) electrons. The van der Waals surface area contributed by atoms with Crippen LogP contribution in [0, 0.1) is 0 Å². The summed E-state index contributed by atoms with van der Waals surface area (Å²) in [5.41, 5.74) is 6.70. The molecule has 0 spiro atoms. The van der Waals surface area contributed by atoms with Crippen LogP contribution in [0.15, 0.2) is 46.9 Å². The molecule has 2 aromatic carbocycles. The minimum Gasteiger partial charge on any atom is -0.389 e. The molecule has 21 heavy (non-hydrogen) atoms. The molecule has 0 saturated carbocycles. The van der Waals surface area contributed by atoms with Crippen LogP contribution >= 0.6 is 28.1 Å². The van der Waals surface area contributed by atoms with E-state index in [4.69, 9.17) is 18.0 Å². The van der Waals surface area contributed by atoms with Crippen LogP contribution in [0.4, 0.5) is 24.5 Å². The molecule has 0 amide bonds. The van der Waals surface area contributed by atoms with Gasteiger partial charge in [-0.05, 0) is 42.5 Å². The summed E-state index contributed by atoms with van der Waals surface area (Å²) in [7, 11) is 0. The predicted molar refractivity (Wildman–Crippen MR) is 84.8 cm³/mol. The molecule has 7 heteroatoms. The van der Waals surface area contributed by atoms with E-state index < -0.39 is 11.7 Å². The lowest BCUT2D eigenvalue weighted by Gasteiger charge is -2.13. The summed E-state index contributed by atoms with van der Waals surface area (Å²) < 4.78 is 38.3. The first kappa shape index (κ1) is 15.8. The Hall–Kier alpha value is -1.60. The van der Waals surface area contributed by atoms with Gasteiger partial charge < -0.3 is 11.1 Å². The molecular formula is C14H10BrF3N2S. The van der Waals surface area contributed by atoms with E-state index in [9.17, 15) is 13.2 Å². The molecule has 3 N–H and O–H groups in total. The van der Waals surface area contributed by atoms with Crippen molar-refractivity contribution >= 4 is 44.5 Å². The highest BCUT2D eigenvalue weighted by Crippen LogP contribution is 2.31. The Morgan fingerprint density at radius 3 is 2.24 bits per heavy atom. The van der Waals surface area contributed by atoms with Gasteiger partial charge in [0.15, 0.2) is 0 Å². The number of thiocarbonyl (C=S) groups is 1. The van der Waals surface area contributed by atoms with Gasteiger partial charge >= 0.3 is 6.18 Å². The zero-order chi connectivity index (χ0) is 15.6. The second kappa shape index (κ2) is 6.03. The number of hydrogen-bond donors (Lipinski definition) is 2. The maximum atomic E-state index is 12.5. The molecule has 0 aromatic heterocycles. The topological polar surface area (TPSA) is 38.0 Å². The zero-order valence-electron chi connectivity index (χ0n) is 10.5. The molecule has 0 aliphatic heterocycles. The van der Waals surface area contributed by atoms with Gasteiger partial charge in [-0.1, -0.05) is 28.1 Å².